The van der Waals surface area contributed by atoms with Crippen LogP contribution in [0.1, 0.15) is 35.6 Å². The highest BCUT2D eigenvalue weighted by molar-refractivity contribution is 14.0. The molecule has 1 aliphatic rings. The van der Waals surface area contributed by atoms with Crippen molar-refractivity contribution in [3.8, 4) is 11.5 Å². The molecule has 6 nitrogen and oxygen atoms in total. The summed E-state index contributed by atoms with van der Waals surface area (Å²) >= 11 is 0. The predicted octanol–water partition coefficient (Wildman–Crippen LogP) is 3.91. The fourth-order valence-electron chi connectivity index (χ4n) is 3.89. The van der Waals surface area contributed by atoms with Crippen LogP contribution in [0, 0.1) is 6.92 Å². The van der Waals surface area contributed by atoms with Crippen LogP contribution in [0.5, 0.6) is 11.5 Å². The third-order valence-electron chi connectivity index (χ3n) is 5.65. The number of benzene rings is 2. The van der Waals surface area contributed by atoms with Crippen LogP contribution in [0.2, 0.25) is 0 Å². The molecule has 0 aromatic heterocycles. The van der Waals surface area contributed by atoms with E-state index < -0.39 is 0 Å². The minimum absolute atomic E-state index is 0. The Morgan fingerprint density at radius 1 is 1.06 bits per heavy atom. The van der Waals surface area contributed by atoms with Crippen molar-refractivity contribution in [3.63, 3.8) is 0 Å². The number of likely N-dealkylation sites (tertiary alicyclic amines) is 1. The van der Waals surface area contributed by atoms with Crippen LogP contribution in [0.25, 0.3) is 0 Å². The van der Waals surface area contributed by atoms with Gasteiger partial charge in [-0.05, 0) is 62.5 Å². The number of aryl methyl sites for hydroxylation is 1. The van der Waals surface area contributed by atoms with Crippen molar-refractivity contribution in [1.29, 1.82) is 0 Å². The van der Waals surface area contributed by atoms with E-state index in [0.717, 1.165) is 36.6 Å². The largest absolute Gasteiger partial charge is 0.493 e. The number of rotatable bonds is 9. The van der Waals surface area contributed by atoms with E-state index in [2.05, 4.69) is 46.4 Å². The second-order valence-electron chi connectivity index (χ2n) is 7.76. The fourth-order valence-corrected chi connectivity index (χ4v) is 3.89. The van der Waals surface area contributed by atoms with Gasteiger partial charge in [-0.1, -0.05) is 35.9 Å². The first-order chi connectivity index (χ1) is 14.6. The Bertz CT molecular complexity index is 836. The van der Waals surface area contributed by atoms with E-state index in [-0.39, 0.29) is 30.0 Å². The Morgan fingerprint density at radius 2 is 1.74 bits per heavy atom. The van der Waals surface area contributed by atoms with Gasteiger partial charge in [0.1, 0.15) is 0 Å². The van der Waals surface area contributed by atoms with E-state index in [0.29, 0.717) is 19.0 Å². The number of hydrogen-bond acceptors (Lipinski definition) is 4. The van der Waals surface area contributed by atoms with Gasteiger partial charge in [-0.2, -0.15) is 0 Å². The lowest BCUT2D eigenvalue weighted by molar-refractivity contribution is 0.251. The lowest BCUT2D eigenvalue weighted by Crippen LogP contribution is -2.35. The minimum atomic E-state index is 0. The third-order valence-corrected chi connectivity index (χ3v) is 5.65. The van der Waals surface area contributed by atoms with E-state index in [1.807, 2.05) is 18.2 Å². The zero-order valence-corrected chi connectivity index (χ0v) is 21.1. The molecule has 0 bridgehead atoms. The summed E-state index contributed by atoms with van der Waals surface area (Å²) in [6, 6.07) is 15.0. The molecule has 3 rings (SSSR count). The molecule has 2 aromatic carbocycles. The van der Waals surface area contributed by atoms with Gasteiger partial charge in [0.25, 0.3) is 0 Å². The van der Waals surface area contributed by atoms with Gasteiger partial charge >= 0.3 is 0 Å². The Kier molecular flexibility index (Phi) is 10.4. The Morgan fingerprint density at radius 3 is 2.39 bits per heavy atom. The smallest absolute Gasteiger partial charge is 0.188 e. The van der Waals surface area contributed by atoms with E-state index in [1.54, 1.807) is 14.2 Å². The first kappa shape index (κ1) is 25.3. The van der Waals surface area contributed by atoms with Gasteiger partial charge in [-0.3, -0.25) is 9.89 Å². The summed E-state index contributed by atoms with van der Waals surface area (Å²) in [5, 5.41) is 3.24. The van der Waals surface area contributed by atoms with Crippen molar-refractivity contribution in [1.82, 2.24) is 10.2 Å². The van der Waals surface area contributed by atoms with E-state index >= 15 is 0 Å². The molecule has 1 heterocycles. The van der Waals surface area contributed by atoms with Gasteiger partial charge in [0.15, 0.2) is 17.5 Å². The number of nitrogens with one attached hydrogen (secondary N) is 1. The number of aliphatic imine (C=N–C) groups is 1. The number of nitrogens with zero attached hydrogens (tertiary/aromatic N) is 2. The molecule has 0 amide bonds. The number of nitrogens with two attached hydrogens (primary N) is 1. The number of halogens is 1. The summed E-state index contributed by atoms with van der Waals surface area (Å²) in [5.41, 5.74) is 9.91. The quantitative estimate of drug-likeness (QED) is 0.288. The van der Waals surface area contributed by atoms with E-state index in [1.165, 1.54) is 24.0 Å². The standard InChI is InChI=1S/C24H34N4O2.HI/c1-18-6-9-20(10-7-18)21(28-14-4-5-15-28)17-27-24(25)26-13-12-19-8-11-22(29-2)23(16-19)30-3;/h6-11,16,21H,4-5,12-15,17H2,1-3H3,(H3,25,26,27);1H. The van der Waals surface area contributed by atoms with Crippen molar-refractivity contribution < 1.29 is 9.47 Å². The summed E-state index contributed by atoms with van der Waals surface area (Å²) in [6.45, 7) is 5.75. The Balaban J connectivity index is 0.00000341. The maximum absolute atomic E-state index is 6.16. The molecule has 170 valence electrons. The molecular weight excluding hydrogens is 503 g/mol. The van der Waals surface area contributed by atoms with E-state index in [4.69, 9.17) is 15.2 Å². The molecule has 0 saturated carbocycles. The number of methoxy groups -OCH3 is 2. The van der Waals surface area contributed by atoms with Gasteiger partial charge in [0.05, 0.1) is 26.8 Å². The van der Waals surface area contributed by atoms with Crippen LogP contribution >= 0.6 is 24.0 Å². The molecule has 1 saturated heterocycles. The fraction of sp³-hybridized carbons (Fsp3) is 0.458. The molecule has 3 N–H and O–H groups in total. The first-order valence-electron chi connectivity index (χ1n) is 10.7. The maximum atomic E-state index is 6.16. The molecule has 1 aliphatic heterocycles. The molecular formula is C24H35IN4O2. The van der Waals surface area contributed by atoms with Crippen LogP contribution in [-0.2, 0) is 6.42 Å². The molecule has 7 heteroatoms. The highest BCUT2D eigenvalue weighted by Crippen LogP contribution is 2.28. The van der Waals surface area contributed by atoms with Gasteiger partial charge in [0, 0.05) is 6.54 Å². The first-order valence-corrected chi connectivity index (χ1v) is 10.7. The van der Waals surface area contributed by atoms with Gasteiger partial charge in [-0.15, -0.1) is 24.0 Å². The van der Waals surface area contributed by atoms with Crippen LogP contribution in [0.15, 0.2) is 47.5 Å². The summed E-state index contributed by atoms with van der Waals surface area (Å²) in [7, 11) is 3.29. The molecule has 1 unspecified atom stereocenters. The van der Waals surface area contributed by atoms with Crippen LogP contribution in [0.4, 0.5) is 0 Å². The average Bonchev–Trinajstić information content (AvgIpc) is 3.29. The summed E-state index contributed by atoms with van der Waals surface area (Å²) in [4.78, 5) is 7.18. The van der Waals surface area contributed by atoms with Crippen molar-refractivity contribution in [3.05, 3.63) is 59.2 Å². The summed E-state index contributed by atoms with van der Waals surface area (Å²) in [5.74, 6) is 1.97. The average molecular weight is 538 g/mol. The molecule has 1 atom stereocenters. The minimum Gasteiger partial charge on any atom is -0.493 e. The van der Waals surface area contributed by atoms with Crippen molar-refractivity contribution in [2.45, 2.75) is 32.2 Å². The van der Waals surface area contributed by atoms with Gasteiger partial charge in [0.2, 0.25) is 0 Å². The molecule has 0 radical (unpaired) electrons. The highest BCUT2D eigenvalue weighted by Gasteiger charge is 2.23. The molecule has 2 aromatic rings. The number of hydrogen-bond donors (Lipinski definition) is 2. The second-order valence-corrected chi connectivity index (χ2v) is 7.76. The highest BCUT2D eigenvalue weighted by atomic mass is 127. The Labute approximate surface area is 203 Å². The molecule has 0 spiro atoms. The normalized spacial score (nSPS) is 15.3. The SMILES string of the molecule is COc1ccc(CCNC(N)=NCC(c2ccc(C)cc2)N2CCCC2)cc1OC.I. The van der Waals surface area contributed by atoms with Crippen LogP contribution in [-0.4, -0.2) is 51.3 Å². The van der Waals surface area contributed by atoms with Crippen molar-refractivity contribution in [2.75, 3.05) is 40.4 Å². The zero-order valence-electron chi connectivity index (χ0n) is 18.8. The third kappa shape index (κ3) is 7.28. The molecule has 0 aliphatic carbocycles. The Hall–Kier alpha value is -2.00. The van der Waals surface area contributed by atoms with Crippen LogP contribution < -0.4 is 20.5 Å². The zero-order chi connectivity index (χ0) is 21.3. The summed E-state index contributed by atoms with van der Waals surface area (Å²) in [6.07, 6.45) is 3.33. The number of ether oxygens (including phenoxy) is 2. The van der Waals surface area contributed by atoms with Crippen LogP contribution in [0.3, 0.4) is 0 Å². The topological polar surface area (TPSA) is 72.1 Å². The number of guanidine groups is 1. The van der Waals surface area contributed by atoms with Crippen molar-refractivity contribution >= 4 is 29.9 Å². The van der Waals surface area contributed by atoms with E-state index in [9.17, 15) is 0 Å². The monoisotopic (exact) mass is 538 g/mol. The summed E-state index contributed by atoms with van der Waals surface area (Å²) < 4.78 is 10.7. The maximum Gasteiger partial charge on any atom is 0.188 e. The van der Waals surface area contributed by atoms with Crippen molar-refractivity contribution in [2.24, 2.45) is 10.7 Å². The van der Waals surface area contributed by atoms with Gasteiger partial charge in [-0.25, -0.2) is 0 Å². The van der Waals surface area contributed by atoms with Gasteiger partial charge < -0.3 is 20.5 Å². The predicted molar refractivity (Wildman–Crippen MR) is 138 cm³/mol. The lowest BCUT2D eigenvalue weighted by atomic mass is 10.0. The lowest BCUT2D eigenvalue weighted by Gasteiger charge is -2.27. The second kappa shape index (κ2) is 12.8. The molecule has 31 heavy (non-hydrogen) atoms. The molecule has 1 fully saturated rings.